The maximum atomic E-state index is 13.5. The summed E-state index contributed by atoms with van der Waals surface area (Å²) >= 11 is 0. The van der Waals surface area contributed by atoms with Crippen molar-refractivity contribution in [3.05, 3.63) is 36.0 Å². The van der Waals surface area contributed by atoms with Crippen molar-refractivity contribution < 1.29 is 39.3 Å². The van der Waals surface area contributed by atoms with Gasteiger partial charge in [-0.3, -0.25) is 24.2 Å². The molecule has 5 unspecified atom stereocenters. The van der Waals surface area contributed by atoms with Crippen molar-refractivity contribution in [1.82, 2.24) is 20.9 Å². The third kappa shape index (κ3) is 10.1. The fraction of sp³-hybridized carbons (Fsp3) is 0.440. The number of amides is 3. The molecule has 0 aliphatic heterocycles. The van der Waals surface area contributed by atoms with E-state index >= 15 is 0 Å². The van der Waals surface area contributed by atoms with E-state index in [1.54, 1.807) is 18.3 Å². The summed E-state index contributed by atoms with van der Waals surface area (Å²) in [6.45, 7) is 1.28. The molecule has 2 rings (SSSR count). The zero-order valence-corrected chi connectivity index (χ0v) is 22.4. The number of fused-ring (bicyclic) bond motifs is 1. The Morgan fingerprint density at radius 2 is 1.61 bits per heavy atom. The molecule has 2 aromatic rings. The second-order valence-corrected chi connectivity index (χ2v) is 9.40. The van der Waals surface area contributed by atoms with E-state index in [0.717, 1.165) is 10.9 Å². The summed E-state index contributed by atoms with van der Waals surface area (Å²) in [5.41, 5.74) is 17.7. The van der Waals surface area contributed by atoms with E-state index in [4.69, 9.17) is 22.3 Å². The normalized spacial score (nSPS) is 14.6. The lowest BCUT2D eigenvalue weighted by molar-refractivity contribution is -0.145. The van der Waals surface area contributed by atoms with Crippen LogP contribution in [0.25, 0.3) is 10.9 Å². The highest BCUT2D eigenvalue weighted by Crippen LogP contribution is 2.19. The van der Waals surface area contributed by atoms with Gasteiger partial charge < -0.3 is 53.5 Å². The average Bonchev–Trinajstić information content (AvgIpc) is 3.30. The van der Waals surface area contributed by atoms with Crippen molar-refractivity contribution in [2.24, 2.45) is 22.2 Å². The van der Waals surface area contributed by atoms with E-state index in [2.05, 4.69) is 25.9 Å². The number of carboxylic acid groups (broad SMARTS) is 2. The number of para-hydroxylation sites is 1. The highest BCUT2D eigenvalue weighted by molar-refractivity contribution is 5.95. The number of nitrogens with zero attached hydrogens (tertiary/aromatic N) is 1. The summed E-state index contributed by atoms with van der Waals surface area (Å²) in [4.78, 5) is 68.6. The Morgan fingerprint density at radius 1 is 0.976 bits per heavy atom. The number of aliphatic imine (C=N–C) groups is 1. The van der Waals surface area contributed by atoms with Crippen molar-refractivity contribution in [3.63, 3.8) is 0 Å². The molecule has 41 heavy (non-hydrogen) atoms. The fourth-order valence-electron chi connectivity index (χ4n) is 3.98. The fourth-order valence-corrected chi connectivity index (χ4v) is 3.98. The second-order valence-electron chi connectivity index (χ2n) is 9.40. The molecule has 16 nitrogen and oxygen atoms in total. The predicted octanol–water partition coefficient (Wildman–Crippen LogP) is -2.51. The van der Waals surface area contributed by atoms with Crippen molar-refractivity contribution in [1.29, 1.82) is 0 Å². The summed E-state index contributed by atoms with van der Waals surface area (Å²) < 4.78 is 0. The van der Waals surface area contributed by atoms with Gasteiger partial charge in [0, 0.05) is 30.1 Å². The Hall–Kier alpha value is -4.70. The van der Waals surface area contributed by atoms with E-state index in [1.807, 2.05) is 12.1 Å². The van der Waals surface area contributed by atoms with Crippen LogP contribution in [0.5, 0.6) is 0 Å². The molecule has 16 heteroatoms. The van der Waals surface area contributed by atoms with Gasteiger partial charge in [0.2, 0.25) is 17.7 Å². The Bertz CT molecular complexity index is 1270. The number of carbonyl (C=O) groups excluding carboxylic acids is 3. The van der Waals surface area contributed by atoms with E-state index < -0.39 is 66.4 Å². The standard InChI is InChI=1S/C25H36N8O8/c1-12(34)20(24(40)41)33-22(38)17(7-4-8-29-25(27)28)31-23(39)18(32-21(37)15(26)10-19(35)36)9-13-11-30-16-6-3-2-5-14(13)16/h2-3,5-6,11-12,15,17-18,20,30,34H,4,7-10,26H2,1H3,(H,31,39)(H,32,37)(H,33,38)(H,35,36)(H,40,41)(H4,27,28,29). The quantitative estimate of drug-likeness (QED) is 0.0565. The van der Waals surface area contributed by atoms with Gasteiger partial charge in [-0.1, -0.05) is 18.2 Å². The number of carboxylic acids is 2. The smallest absolute Gasteiger partial charge is 0.328 e. The third-order valence-electron chi connectivity index (χ3n) is 6.09. The lowest BCUT2D eigenvalue weighted by Crippen LogP contribution is -2.58. The first-order chi connectivity index (χ1) is 19.3. The van der Waals surface area contributed by atoms with Gasteiger partial charge >= 0.3 is 11.9 Å². The zero-order valence-electron chi connectivity index (χ0n) is 22.4. The number of aromatic nitrogens is 1. The molecular weight excluding hydrogens is 540 g/mol. The highest BCUT2D eigenvalue weighted by Gasteiger charge is 2.32. The van der Waals surface area contributed by atoms with Crippen LogP contribution in [-0.2, 0) is 30.4 Å². The molecule has 1 heterocycles. The van der Waals surface area contributed by atoms with Crippen LogP contribution in [-0.4, -0.2) is 92.7 Å². The van der Waals surface area contributed by atoms with Crippen LogP contribution < -0.4 is 33.2 Å². The van der Waals surface area contributed by atoms with Crippen LogP contribution >= 0.6 is 0 Å². The van der Waals surface area contributed by atoms with Crippen LogP contribution in [0.2, 0.25) is 0 Å². The number of guanidine groups is 1. The van der Waals surface area contributed by atoms with Gasteiger partial charge in [0.15, 0.2) is 12.0 Å². The van der Waals surface area contributed by atoms with Gasteiger partial charge in [-0.15, -0.1) is 0 Å². The average molecular weight is 577 g/mol. The van der Waals surface area contributed by atoms with Crippen molar-refractivity contribution >= 4 is 46.5 Å². The number of H-pyrrole nitrogens is 1. The number of carbonyl (C=O) groups is 5. The van der Waals surface area contributed by atoms with E-state index in [-0.39, 0.29) is 31.8 Å². The Labute approximate surface area is 234 Å². The SMILES string of the molecule is CC(O)C(NC(=O)C(CCCN=C(N)N)NC(=O)C(Cc1c[nH]c2ccccc12)NC(=O)C(N)CC(=O)O)C(=O)O. The lowest BCUT2D eigenvalue weighted by Gasteiger charge is -2.25. The van der Waals surface area contributed by atoms with Gasteiger partial charge in [-0.2, -0.15) is 0 Å². The molecule has 0 aliphatic rings. The molecule has 0 bridgehead atoms. The number of hydrogen-bond donors (Lipinski definition) is 10. The van der Waals surface area contributed by atoms with Crippen LogP contribution in [0, 0.1) is 0 Å². The number of aliphatic carboxylic acids is 2. The van der Waals surface area contributed by atoms with Gasteiger partial charge in [-0.25, -0.2) is 4.79 Å². The third-order valence-corrected chi connectivity index (χ3v) is 6.09. The molecule has 0 aliphatic carbocycles. The number of hydrogen-bond acceptors (Lipinski definition) is 8. The largest absolute Gasteiger partial charge is 0.481 e. The minimum absolute atomic E-state index is 0.0349. The van der Waals surface area contributed by atoms with Crippen molar-refractivity contribution in [3.8, 4) is 0 Å². The topological polar surface area (TPSA) is 288 Å². The molecule has 3 amide bonds. The van der Waals surface area contributed by atoms with Crippen LogP contribution in [0.15, 0.2) is 35.5 Å². The molecule has 224 valence electrons. The highest BCUT2D eigenvalue weighted by atomic mass is 16.4. The van der Waals surface area contributed by atoms with Gasteiger partial charge in [0.05, 0.1) is 18.6 Å². The predicted molar refractivity (Wildman–Crippen MR) is 147 cm³/mol. The molecule has 0 saturated heterocycles. The van der Waals surface area contributed by atoms with Crippen LogP contribution in [0.1, 0.15) is 31.7 Å². The first-order valence-electron chi connectivity index (χ1n) is 12.7. The van der Waals surface area contributed by atoms with E-state index in [1.165, 1.54) is 6.92 Å². The number of nitrogens with two attached hydrogens (primary N) is 3. The minimum Gasteiger partial charge on any atom is -0.481 e. The number of benzene rings is 1. The molecule has 0 spiro atoms. The molecular formula is C25H36N8O8. The number of aliphatic hydroxyl groups excluding tert-OH is 1. The molecule has 5 atom stereocenters. The van der Waals surface area contributed by atoms with Gasteiger partial charge in [0.1, 0.15) is 12.1 Å². The van der Waals surface area contributed by atoms with Crippen LogP contribution in [0.4, 0.5) is 0 Å². The van der Waals surface area contributed by atoms with Gasteiger partial charge in [-0.05, 0) is 31.4 Å². The zero-order chi connectivity index (χ0) is 30.7. The summed E-state index contributed by atoms with van der Waals surface area (Å²) in [5, 5.41) is 36.0. The van der Waals surface area contributed by atoms with E-state index in [9.17, 15) is 34.2 Å². The lowest BCUT2D eigenvalue weighted by atomic mass is 10.0. The molecule has 1 aromatic heterocycles. The first kappa shape index (κ1) is 32.5. The van der Waals surface area contributed by atoms with Gasteiger partial charge in [0.25, 0.3) is 0 Å². The molecule has 0 saturated carbocycles. The maximum absolute atomic E-state index is 13.5. The van der Waals surface area contributed by atoms with Crippen molar-refractivity contribution in [2.75, 3.05) is 6.54 Å². The van der Waals surface area contributed by atoms with Crippen molar-refractivity contribution in [2.45, 2.75) is 62.9 Å². The summed E-state index contributed by atoms with van der Waals surface area (Å²) in [6.07, 6.45) is -0.376. The molecule has 13 N–H and O–H groups in total. The second kappa shape index (κ2) is 15.2. The Balaban J connectivity index is 2.33. The summed E-state index contributed by atoms with van der Waals surface area (Å²) in [5.74, 6) is -5.62. The number of aliphatic hydroxyl groups is 1. The first-order valence-corrected chi connectivity index (χ1v) is 12.7. The minimum atomic E-state index is -1.66. The number of rotatable bonds is 16. The Morgan fingerprint density at radius 3 is 2.22 bits per heavy atom. The number of nitrogens with one attached hydrogen (secondary N) is 4. The number of aromatic amines is 1. The maximum Gasteiger partial charge on any atom is 0.328 e. The summed E-state index contributed by atoms with van der Waals surface area (Å²) in [6, 6.07) is 1.48. The Kier molecular flexibility index (Phi) is 12.0. The van der Waals surface area contributed by atoms with E-state index in [0.29, 0.717) is 5.56 Å². The summed E-state index contributed by atoms with van der Waals surface area (Å²) in [7, 11) is 0. The molecule has 0 fully saturated rings. The molecule has 1 aromatic carbocycles. The molecule has 0 radical (unpaired) electrons. The monoisotopic (exact) mass is 576 g/mol. The van der Waals surface area contributed by atoms with Crippen LogP contribution in [0.3, 0.4) is 0 Å².